The molecule has 1 amide bonds. The lowest BCUT2D eigenvalue weighted by atomic mass is 10.3. The number of carbonyl (C=O) groups excluding carboxylic acids is 1. The third-order valence-corrected chi connectivity index (χ3v) is 4.32. The molecule has 22 heavy (non-hydrogen) atoms. The predicted octanol–water partition coefficient (Wildman–Crippen LogP) is 0.987. The van der Waals surface area contributed by atoms with Gasteiger partial charge in [-0.3, -0.25) is 14.4 Å². The molecule has 0 aromatic heterocycles. The van der Waals surface area contributed by atoms with Crippen molar-refractivity contribution in [3.05, 3.63) is 24.3 Å². The zero-order valence-corrected chi connectivity index (χ0v) is 12.9. The Morgan fingerprint density at radius 2 is 1.95 bits per heavy atom. The second-order valence-electron chi connectivity index (χ2n) is 4.53. The number of rotatable bonds is 9. The van der Waals surface area contributed by atoms with E-state index in [1.807, 2.05) is 0 Å². The second-order valence-corrected chi connectivity index (χ2v) is 6.25. The molecule has 0 aliphatic heterocycles. The Labute approximate surface area is 128 Å². The van der Waals surface area contributed by atoms with Gasteiger partial charge in [0.15, 0.2) is 0 Å². The summed E-state index contributed by atoms with van der Waals surface area (Å²) in [6, 6.07) is 4.49. The fourth-order valence-electron chi connectivity index (χ4n) is 1.55. The lowest BCUT2D eigenvalue weighted by Gasteiger charge is -2.12. The van der Waals surface area contributed by atoms with Crippen LogP contribution in [0.5, 0.6) is 5.75 Å². The van der Waals surface area contributed by atoms with Crippen LogP contribution in [0.15, 0.2) is 29.2 Å². The third-order valence-electron chi connectivity index (χ3n) is 2.77. The molecule has 1 aromatic rings. The smallest absolute Gasteiger partial charge is 0.261 e. The molecule has 0 saturated heterocycles. The molecular weight excluding hydrogens is 315 g/mol. The summed E-state index contributed by atoms with van der Waals surface area (Å²) in [7, 11) is -3.89. The zero-order valence-electron chi connectivity index (χ0n) is 12.1. The molecule has 0 saturated carbocycles. The van der Waals surface area contributed by atoms with Crippen molar-refractivity contribution in [1.82, 2.24) is 10.2 Å². The number of benzene rings is 1. The fraction of sp³-hybridized carbons (Fsp3) is 0.462. The fourth-order valence-corrected chi connectivity index (χ4v) is 2.76. The molecule has 0 aliphatic carbocycles. The summed E-state index contributed by atoms with van der Waals surface area (Å²) in [6.07, 6.45) is 0.993. The van der Waals surface area contributed by atoms with Crippen molar-refractivity contribution >= 4 is 15.9 Å². The molecule has 0 radical (unpaired) electrons. The Balaban J connectivity index is 2.66. The van der Waals surface area contributed by atoms with Crippen LogP contribution in [0.4, 0.5) is 4.39 Å². The summed E-state index contributed by atoms with van der Waals surface area (Å²) in [6.45, 7) is 1.25. The quantitative estimate of drug-likeness (QED) is 0.355. The van der Waals surface area contributed by atoms with Crippen LogP contribution in [0.3, 0.4) is 0 Å². The summed E-state index contributed by atoms with van der Waals surface area (Å²) >= 11 is 0. The van der Waals surface area contributed by atoms with Gasteiger partial charge in [0.25, 0.3) is 5.91 Å². The van der Waals surface area contributed by atoms with E-state index in [-0.39, 0.29) is 4.90 Å². The van der Waals surface area contributed by atoms with Gasteiger partial charge in [-0.2, -0.15) is 4.72 Å². The average Bonchev–Trinajstić information content (AvgIpc) is 2.50. The average molecular weight is 334 g/mol. The van der Waals surface area contributed by atoms with Gasteiger partial charge in [-0.15, -0.1) is 0 Å². The maximum Gasteiger partial charge on any atom is 0.261 e. The molecule has 124 valence electrons. The number of sulfonamides is 1. The molecule has 1 rings (SSSR count). The van der Waals surface area contributed by atoms with Crippen molar-refractivity contribution < 1.29 is 27.5 Å². The van der Waals surface area contributed by atoms with Crippen LogP contribution in [-0.4, -0.2) is 38.9 Å². The number of hydrogen-bond donors (Lipinski definition) is 3. The standard InChI is InChI=1S/C13H19FN2O5S/c1-10(13(17)15-18)16-22(19,20)12-6-4-11(5-7-12)21-9-3-2-8-14/h4-7,10,16,18H,2-3,8-9H2,1H3,(H,15,17). The Morgan fingerprint density at radius 3 is 2.50 bits per heavy atom. The van der Waals surface area contributed by atoms with Crippen molar-refractivity contribution in [2.45, 2.75) is 30.7 Å². The monoisotopic (exact) mass is 334 g/mol. The number of unbranched alkanes of at least 4 members (excludes halogenated alkanes) is 1. The first-order valence-electron chi connectivity index (χ1n) is 6.66. The molecule has 7 nitrogen and oxygen atoms in total. The van der Waals surface area contributed by atoms with Crippen molar-refractivity contribution in [3.63, 3.8) is 0 Å². The number of alkyl halides is 1. The number of nitrogens with one attached hydrogen (secondary N) is 2. The maximum absolute atomic E-state index is 12.0. The van der Waals surface area contributed by atoms with Gasteiger partial charge < -0.3 is 4.74 Å². The minimum Gasteiger partial charge on any atom is -0.494 e. The lowest BCUT2D eigenvalue weighted by Crippen LogP contribution is -2.43. The highest BCUT2D eigenvalue weighted by Crippen LogP contribution is 2.16. The molecule has 1 aromatic carbocycles. The highest BCUT2D eigenvalue weighted by atomic mass is 32.2. The Kier molecular flexibility index (Phi) is 7.22. The first-order chi connectivity index (χ1) is 10.4. The van der Waals surface area contributed by atoms with Crippen LogP contribution in [-0.2, 0) is 14.8 Å². The summed E-state index contributed by atoms with van der Waals surface area (Å²) in [5, 5.41) is 8.46. The van der Waals surface area contributed by atoms with Gasteiger partial charge in [-0.1, -0.05) is 0 Å². The van der Waals surface area contributed by atoms with E-state index in [0.717, 1.165) is 0 Å². The molecule has 3 N–H and O–H groups in total. The van der Waals surface area contributed by atoms with Crippen molar-refractivity contribution in [3.8, 4) is 5.75 Å². The number of amides is 1. The van der Waals surface area contributed by atoms with E-state index in [4.69, 9.17) is 9.94 Å². The highest BCUT2D eigenvalue weighted by Gasteiger charge is 2.21. The predicted molar refractivity (Wildman–Crippen MR) is 76.9 cm³/mol. The van der Waals surface area contributed by atoms with Crippen LogP contribution in [0.25, 0.3) is 0 Å². The van der Waals surface area contributed by atoms with E-state index in [1.165, 1.54) is 36.7 Å². The van der Waals surface area contributed by atoms with Crippen molar-refractivity contribution in [1.29, 1.82) is 0 Å². The van der Waals surface area contributed by atoms with E-state index in [2.05, 4.69) is 4.72 Å². The second kappa shape index (κ2) is 8.66. The molecule has 0 fully saturated rings. The minimum absolute atomic E-state index is 0.0406. The van der Waals surface area contributed by atoms with Crippen LogP contribution in [0.1, 0.15) is 19.8 Å². The first kappa shape index (κ1) is 18.3. The topological polar surface area (TPSA) is 105 Å². The largest absolute Gasteiger partial charge is 0.494 e. The molecule has 9 heteroatoms. The van der Waals surface area contributed by atoms with Crippen molar-refractivity contribution in [2.75, 3.05) is 13.3 Å². The van der Waals surface area contributed by atoms with E-state index >= 15 is 0 Å². The van der Waals surface area contributed by atoms with E-state index in [0.29, 0.717) is 25.2 Å². The Morgan fingerprint density at radius 1 is 1.32 bits per heavy atom. The van der Waals surface area contributed by atoms with E-state index in [9.17, 15) is 17.6 Å². The first-order valence-corrected chi connectivity index (χ1v) is 8.14. The lowest BCUT2D eigenvalue weighted by molar-refractivity contribution is -0.130. The molecule has 1 unspecified atom stereocenters. The van der Waals surface area contributed by atoms with E-state index in [1.54, 1.807) is 0 Å². The molecule has 0 spiro atoms. The molecular formula is C13H19FN2O5S. The summed E-state index contributed by atoms with van der Waals surface area (Å²) in [5.41, 5.74) is 1.37. The van der Waals surface area contributed by atoms with Gasteiger partial charge in [0.2, 0.25) is 10.0 Å². The SMILES string of the molecule is CC(NS(=O)(=O)c1ccc(OCCCCF)cc1)C(=O)NO. The summed E-state index contributed by atoms with van der Waals surface area (Å²) in [5.74, 6) is -0.393. The number of hydrogen-bond acceptors (Lipinski definition) is 5. The van der Waals surface area contributed by atoms with Crippen LogP contribution < -0.4 is 14.9 Å². The van der Waals surface area contributed by atoms with Crippen LogP contribution in [0, 0.1) is 0 Å². The van der Waals surface area contributed by atoms with Crippen molar-refractivity contribution in [2.24, 2.45) is 0 Å². The van der Waals surface area contributed by atoms with Gasteiger partial charge in [-0.05, 0) is 44.0 Å². The normalized spacial score (nSPS) is 12.7. The number of carbonyl (C=O) groups is 1. The molecule has 0 aliphatic rings. The molecule has 1 atom stereocenters. The number of halogens is 1. The Hall–Kier alpha value is -1.71. The molecule has 0 heterocycles. The van der Waals surface area contributed by atoms with Gasteiger partial charge in [-0.25, -0.2) is 13.9 Å². The van der Waals surface area contributed by atoms with Crippen LogP contribution >= 0.6 is 0 Å². The summed E-state index contributed by atoms with van der Waals surface area (Å²) in [4.78, 5) is 11.1. The zero-order chi connectivity index (χ0) is 16.6. The Bertz CT molecular complexity index is 577. The highest BCUT2D eigenvalue weighted by molar-refractivity contribution is 7.89. The number of ether oxygens (including phenoxy) is 1. The molecule has 0 bridgehead atoms. The number of hydroxylamine groups is 1. The van der Waals surface area contributed by atoms with Crippen LogP contribution in [0.2, 0.25) is 0 Å². The maximum atomic E-state index is 12.0. The van der Waals surface area contributed by atoms with Gasteiger partial charge in [0, 0.05) is 0 Å². The summed E-state index contributed by atoms with van der Waals surface area (Å²) < 4.78 is 43.4. The minimum atomic E-state index is -3.89. The van der Waals surface area contributed by atoms with E-state index < -0.39 is 28.6 Å². The third kappa shape index (κ3) is 5.58. The van der Waals surface area contributed by atoms with Gasteiger partial charge in [0.1, 0.15) is 11.8 Å². The van der Waals surface area contributed by atoms with Gasteiger partial charge in [0.05, 0.1) is 18.2 Å². The van der Waals surface area contributed by atoms with Gasteiger partial charge >= 0.3 is 0 Å².